The summed E-state index contributed by atoms with van der Waals surface area (Å²) in [4.78, 5) is 6.88. The first kappa shape index (κ1) is 12.0. The van der Waals surface area contributed by atoms with Gasteiger partial charge >= 0.3 is 0 Å². The first-order chi connectivity index (χ1) is 8.83. The van der Waals surface area contributed by atoms with Crippen molar-refractivity contribution in [1.82, 2.24) is 14.3 Å². The van der Waals surface area contributed by atoms with E-state index in [4.69, 9.17) is 16.3 Å². The molecule has 0 spiro atoms. The predicted molar refractivity (Wildman–Crippen MR) is 71.2 cm³/mol. The van der Waals surface area contributed by atoms with Crippen molar-refractivity contribution in [2.45, 2.75) is 6.42 Å². The van der Waals surface area contributed by atoms with Crippen LogP contribution in [0.3, 0.4) is 0 Å². The Bertz CT molecular complexity index is 534. The van der Waals surface area contributed by atoms with Crippen molar-refractivity contribution in [2.75, 3.05) is 32.8 Å². The summed E-state index contributed by atoms with van der Waals surface area (Å²) in [5, 5.41) is 0.752. The lowest BCUT2D eigenvalue weighted by molar-refractivity contribution is 0.0382. The summed E-state index contributed by atoms with van der Waals surface area (Å²) in [6.45, 7) is 4.77. The van der Waals surface area contributed by atoms with E-state index in [2.05, 4.69) is 14.3 Å². The highest BCUT2D eigenvalue weighted by Crippen LogP contribution is 2.14. The maximum absolute atomic E-state index is 5.96. The van der Waals surface area contributed by atoms with Crippen LogP contribution < -0.4 is 0 Å². The molecule has 0 unspecified atom stereocenters. The maximum Gasteiger partial charge on any atom is 0.114 e. The van der Waals surface area contributed by atoms with Crippen LogP contribution >= 0.6 is 11.6 Å². The van der Waals surface area contributed by atoms with Crippen molar-refractivity contribution < 1.29 is 4.74 Å². The van der Waals surface area contributed by atoms with Crippen molar-refractivity contribution in [3.8, 4) is 0 Å². The number of rotatable bonds is 3. The molecule has 0 amide bonds. The molecule has 1 saturated heterocycles. The molecule has 2 aromatic rings. The Morgan fingerprint density at radius 2 is 2.17 bits per heavy atom. The van der Waals surface area contributed by atoms with Gasteiger partial charge in [0.1, 0.15) is 5.82 Å². The molecule has 2 aromatic heterocycles. The quantitative estimate of drug-likeness (QED) is 0.849. The van der Waals surface area contributed by atoms with Gasteiger partial charge in [0.05, 0.1) is 24.9 Å². The van der Waals surface area contributed by atoms with Crippen LogP contribution in [0.5, 0.6) is 0 Å². The van der Waals surface area contributed by atoms with Gasteiger partial charge in [0.2, 0.25) is 0 Å². The minimum absolute atomic E-state index is 0.752. The summed E-state index contributed by atoms with van der Waals surface area (Å²) < 4.78 is 7.45. The zero-order valence-corrected chi connectivity index (χ0v) is 10.9. The smallest absolute Gasteiger partial charge is 0.114 e. The lowest BCUT2D eigenvalue weighted by Gasteiger charge is -2.26. The van der Waals surface area contributed by atoms with Crippen molar-refractivity contribution in [3.05, 3.63) is 35.4 Å². The molecule has 0 aromatic carbocycles. The first-order valence-corrected chi connectivity index (χ1v) is 6.62. The minimum atomic E-state index is 0.752. The molecule has 96 valence electrons. The van der Waals surface area contributed by atoms with Crippen LogP contribution in [-0.2, 0) is 11.2 Å². The highest BCUT2D eigenvalue weighted by molar-refractivity contribution is 6.30. The molecule has 3 rings (SSSR count). The fraction of sp³-hybridized carbons (Fsp3) is 0.462. The molecule has 5 heteroatoms. The number of hydrogen-bond donors (Lipinski definition) is 0. The third-order valence-corrected chi connectivity index (χ3v) is 3.56. The second-order valence-electron chi connectivity index (χ2n) is 4.52. The molecule has 1 fully saturated rings. The van der Waals surface area contributed by atoms with Gasteiger partial charge < -0.3 is 9.14 Å². The Labute approximate surface area is 111 Å². The Kier molecular flexibility index (Phi) is 3.50. The van der Waals surface area contributed by atoms with Crippen molar-refractivity contribution in [3.63, 3.8) is 0 Å². The van der Waals surface area contributed by atoms with E-state index in [0.717, 1.165) is 55.6 Å². The van der Waals surface area contributed by atoms with Gasteiger partial charge in [-0.1, -0.05) is 11.6 Å². The van der Waals surface area contributed by atoms with Crippen LogP contribution in [0.2, 0.25) is 5.02 Å². The van der Waals surface area contributed by atoms with Crippen LogP contribution in [0.15, 0.2) is 24.5 Å². The topological polar surface area (TPSA) is 29.8 Å². The first-order valence-electron chi connectivity index (χ1n) is 6.24. The number of morpholine rings is 1. The van der Waals surface area contributed by atoms with Crippen LogP contribution in [0.4, 0.5) is 0 Å². The lowest BCUT2D eigenvalue weighted by Crippen LogP contribution is -2.37. The lowest BCUT2D eigenvalue weighted by atomic mass is 10.3. The van der Waals surface area contributed by atoms with Gasteiger partial charge in [0, 0.05) is 37.3 Å². The summed E-state index contributed by atoms with van der Waals surface area (Å²) in [6, 6.07) is 3.83. The van der Waals surface area contributed by atoms with Gasteiger partial charge in [-0.15, -0.1) is 0 Å². The second-order valence-corrected chi connectivity index (χ2v) is 4.95. The molecule has 0 aliphatic carbocycles. The van der Waals surface area contributed by atoms with E-state index >= 15 is 0 Å². The maximum atomic E-state index is 5.96. The summed E-state index contributed by atoms with van der Waals surface area (Å²) in [7, 11) is 0. The Morgan fingerprint density at radius 1 is 1.33 bits per heavy atom. The third-order valence-electron chi connectivity index (χ3n) is 3.33. The van der Waals surface area contributed by atoms with Crippen LogP contribution in [0, 0.1) is 0 Å². The van der Waals surface area contributed by atoms with E-state index in [0.29, 0.717) is 0 Å². The van der Waals surface area contributed by atoms with Crippen molar-refractivity contribution in [1.29, 1.82) is 0 Å². The number of imidazole rings is 1. The number of nitrogens with zero attached hydrogens (tertiary/aromatic N) is 3. The molecule has 1 aliphatic rings. The van der Waals surface area contributed by atoms with Crippen molar-refractivity contribution >= 4 is 17.1 Å². The van der Waals surface area contributed by atoms with E-state index in [1.54, 1.807) is 0 Å². The molecule has 0 N–H and O–H groups in total. The van der Waals surface area contributed by atoms with Crippen molar-refractivity contribution in [2.24, 2.45) is 0 Å². The molecule has 3 heterocycles. The van der Waals surface area contributed by atoms with E-state index in [9.17, 15) is 0 Å². The summed E-state index contributed by atoms with van der Waals surface area (Å²) in [5.74, 6) is 1.09. The summed E-state index contributed by atoms with van der Waals surface area (Å²) in [5.41, 5.74) is 1.06. The molecule has 0 atom stereocenters. The number of ether oxygens (including phenoxy) is 1. The number of hydrogen-bond acceptors (Lipinski definition) is 3. The molecule has 18 heavy (non-hydrogen) atoms. The van der Waals surface area contributed by atoms with Crippen LogP contribution in [0.25, 0.3) is 5.52 Å². The molecular formula is C13H16ClN3O. The number of pyridine rings is 1. The summed E-state index contributed by atoms with van der Waals surface area (Å²) >= 11 is 5.96. The predicted octanol–water partition coefficient (Wildman–Crippen LogP) is 1.86. The Morgan fingerprint density at radius 3 is 3.00 bits per heavy atom. The molecule has 0 bridgehead atoms. The van der Waals surface area contributed by atoms with Gasteiger partial charge in [-0.2, -0.15) is 0 Å². The second kappa shape index (κ2) is 5.26. The van der Waals surface area contributed by atoms with Crippen LogP contribution in [0.1, 0.15) is 5.82 Å². The number of fused-ring (bicyclic) bond motifs is 1. The highest BCUT2D eigenvalue weighted by Gasteiger charge is 2.11. The average molecular weight is 266 g/mol. The molecule has 0 radical (unpaired) electrons. The fourth-order valence-electron chi connectivity index (χ4n) is 2.30. The highest BCUT2D eigenvalue weighted by atomic mass is 35.5. The summed E-state index contributed by atoms with van der Waals surface area (Å²) in [6.07, 6.45) is 4.82. The third kappa shape index (κ3) is 2.51. The fourth-order valence-corrected chi connectivity index (χ4v) is 2.46. The monoisotopic (exact) mass is 265 g/mol. The van der Waals surface area contributed by atoms with E-state index in [-0.39, 0.29) is 0 Å². The van der Waals surface area contributed by atoms with Gasteiger partial charge in [0.25, 0.3) is 0 Å². The van der Waals surface area contributed by atoms with Crippen LogP contribution in [-0.4, -0.2) is 47.1 Å². The molecule has 4 nitrogen and oxygen atoms in total. The van der Waals surface area contributed by atoms with Gasteiger partial charge in [-0.25, -0.2) is 4.98 Å². The zero-order chi connectivity index (χ0) is 12.4. The Hall–Kier alpha value is -1.10. The number of aromatic nitrogens is 2. The van der Waals surface area contributed by atoms with E-state index < -0.39 is 0 Å². The molecule has 0 saturated carbocycles. The van der Waals surface area contributed by atoms with Gasteiger partial charge in [-0.05, 0) is 12.1 Å². The average Bonchev–Trinajstić information content (AvgIpc) is 2.80. The molecular weight excluding hydrogens is 250 g/mol. The zero-order valence-electron chi connectivity index (χ0n) is 10.2. The molecule has 1 aliphatic heterocycles. The number of halogens is 1. The van der Waals surface area contributed by atoms with E-state index in [1.807, 2.05) is 24.5 Å². The van der Waals surface area contributed by atoms with Gasteiger partial charge in [-0.3, -0.25) is 4.90 Å². The van der Waals surface area contributed by atoms with Gasteiger partial charge in [0.15, 0.2) is 0 Å². The minimum Gasteiger partial charge on any atom is -0.379 e. The Balaban J connectivity index is 1.70. The standard InChI is InChI=1S/C13H16ClN3O/c14-11-1-4-17-12(9-11)10-15-13(17)2-3-16-5-7-18-8-6-16/h1,4,9-10H,2-3,5-8H2. The SMILES string of the molecule is Clc1ccn2c(CCN3CCOCC3)ncc2c1. The largest absolute Gasteiger partial charge is 0.379 e. The normalized spacial score (nSPS) is 17.4. The van der Waals surface area contributed by atoms with E-state index in [1.165, 1.54) is 0 Å².